The van der Waals surface area contributed by atoms with Gasteiger partial charge in [-0.1, -0.05) is 0 Å². The first kappa shape index (κ1) is 26.1. The Balaban J connectivity index is 1.49. The van der Waals surface area contributed by atoms with Gasteiger partial charge in [0.1, 0.15) is 23.0 Å². The summed E-state index contributed by atoms with van der Waals surface area (Å²) < 4.78 is 5.91. The molecule has 0 aliphatic carbocycles. The molecule has 0 saturated carbocycles. The number of hydrogen-bond acceptors (Lipinski definition) is 11. The molecule has 0 radical (unpaired) electrons. The van der Waals surface area contributed by atoms with Crippen molar-refractivity contribution in [3.05, 3.63) is 35.1 Å². The molecule has 1 fully saturated rings. The Morgan fingerprint density at radius 2 is 1.87 bits per heavy atom. The lowest BCUT2D eigenvalue weighted by atomic mass is 10.2. The van der Waals surface area contributed by atoms with Crippen molar-refractivity contribution in [2.45, 2.75) is 20.8 Å². The van der Waals surface area contributed by atoms with Gasteiger partial charge in [0.25, 0.3) is 5.91 Å². The number of thiazole rings is 1. The Kier molecular flexibility index (Phi) is 7.63. The predicted molar refractivity (Wildman–Crippen MR) is 151 cm³/mol. The fraction of sp³-hybridized carbons (Fsp3) is 0.462. The molecule has 38 heavy (non-hydrogen) atoms. The maximum atomic E-state index is 13.3. The number of aliphatic hydroxyl groups is 1. The highest BCUT2D eigenvalue weighted by molar-refractivity contribution is 7.16. The van der Waals surface area contributed by atoms with Gasteiger partial charge in [-0.3, -0.25) is 4.79 Å². The molecule has 12 heteroatoms. The average molecular weight is 539 g/mol. The van der Waals surface area contributed by atoms with Crippen LogP contribution < -0.4 is 24.8 Å². The highest BCUT2D eigenvalue weighted by Gasteiger charge is 2.34. The standard InChI is InChI=1S/C26H34N8O3S/c1-5-33-20-16-27-26(30-23(20)34(6-2)25-22(24(33)36)28-17(3)38-25)29-19-8-7-18(15-21(19)37-14-13-35)32-11-9-31(4)10-12-32/h7-8,15-16,35H,5-6,9-14H2,1-4H3,(H,27,29,30). The van der Waals surface area contributed by atoms with Crippen LogP contribution in [0.3, 0.4) is 0 Å². The lowest BCUT2D eigenvalue weighted by Gasteiger charge is -2.34. The van der Waals surface area contributed by atoms with Crippen LogP contribution in [0.1, 0.15) is 29.3 Å². The Labute approximate surface area is 226 Å². The molecule has 202 valence electrons. The zero-order valence-corrected chi connectivity index (χ0v) is 23.1. The summed E-state index contributed by atoms with van der Waals surface area (Å²) in [6.45, 7) is 10.9. The van der Waals surface area contributed by atoms with Gasteiger partial charge in [0, 0.05) is 51.0 Å². The molecule has 5 rings (SSSR count). The number of carbonyl (C=O) groups is 1. The van der Waals surface area contributed by atoms with Crippen molar-refractivity contribution in [3.63, 3.8) is 0 Å². The normalized spacial score (nSPS) is 15.8. The van der Waals surface area contributed by atoms with Gasteiger partial charge < -0.3 is 34.8 Å². The minimum absolute atomic E-state index is 0.0868. The number of nitrogens with zero attached hydrogens (tertiary/aromatic N) is 7. The first-order chi connectivity index (χ1) is 18.4. The number of anilines is 6. The molecular formula is C26H34N8O3S. The van der Waals surface area contributed by atoms with E-state index in [-0.39, 0.29) is 19.1 Å². The van der Waals surface area contributed by atoms with Crippen LogP contribution in [0.4, 0.5) is 33.8 Å². The summed E-state index contributed by atoms with van der Waals surface area (Å²) in [7, 11) is 2.13. The lowest BCUT2D eigenvalue weighted by Crippen LogP contribution is -2.44. The second-order valence-electron chi connectivity index (χ2n) is 9.25. The molecule has 2 aromatic heterocycles. The average Bonchev–Trinajstić information content (AvgIpc) is 3.27. The highest BCUT2D eigenvalue weighted by atomic mass is 32.1. The number of carbonyl (C=O) groups excluding carboxylic acids is 1. The Morgan fingerprint density at radius 1 is 1.11 bits per heavy atom. The molecule has 3 aromatic rings. The molecule has 0 atom stereocenters. The second kappa shape index (κ2) is 11.1. The van der Waals surface area contributed by atoms with E-state index >= 15 is 0 Å². The van der Waals surface area contributed by atoms with Crippen LogP contribution in [0.5, 0.6) is 5.75 Å². The van der Waals surface area contributed by atoms with E-state index < -0.39 is 0 Å². The second-order valence-corrected chi connectivity index (χ2v) is 10.4. The zero-order valence-electron chi connectivity index (χ0n) is 22.3. The van der Waals surface area contributed by atoms with Gasteiger partial charge in [0.05, 0.1) is 23.5 Å². The number of aromatic nitrogens is 3. The van der Waals surface area contributed by atoms with E-state index in [2.05, 4.69) is 38.2 Å². The van der Waals surface area contributed by atoms with Crippen LogP contribution in [0.2, 0.25) is 0 Å². The monoisotopic (exact) mass is 538 g/mol. The van der Waals surface area contributed by atoms with Crippen LogP contribution in [0, 0.1) is 6.92 Å². The lowest BCUT2D eigenvalue weighted by molar-refractivity contribution is 0.0985. The van der Waals surface area contributed by atoms with E-state index in [4.69, 9.17) is 9.72 Å². The molecule has 1 amide bonds. The summed E-state index contributed by atoms with van der Waals surface area (Å²) in [5.74, 6) is 1.51. The third-order valence-electron chi connectivity index (χ3n) is 6.77. The first-order valence-electron chi connectivity index (χ1n) is 13.0. The number of ether oxygens (including phenoxy) is 1. The molecule has 2 aliphatic rings. The van der Waals surface area contributed by atoms with Crippen molar-refractivity contribution in [1.29, 1.82) is 0 Å². The smallest absolute Gasteiger partial charge is 0.280 e. The quantitative estimate of drug-likeness (QED) is 0.443. The van der Waals surface area contributed by atoms with Gasteiger partial charge in [0.2, 0.25) is 5.95 Å². The molecular weight excluding hydrogens is 504 g/mol. The summed E-state index contributed by atoms with van der Waals surface area (Å²) in [6.07, 6.45) is 1.69. The topological polar surface area (TPSA) is 110 Å². The van der Waals surface area contributed by atoms with Crippen molar-refractivity contribution >= 4 is 51.1 Å². The zero-order chi connectivity index (χ0) is 26.8. The fourth-order valence-corrected chi connectivity index (χ4v) is 5.74. The highest BCUT2D eigenvalue weighted by Crippen LogP contribution is 2.42. The predicted octanol–water partition coefficient (Wildman–Crippen LogP) is 3.25. The van der Waals surface area contributed by atoms with Crippen molar-refractivity contribution in [3.8, 4) is 5.75 Å². The number of fused-ring (bicyclic) bond motifs is 2. The van der Waals surface area contributed by atoms with Crippen molar-refractivity contribution < 1.29 is 14.6 Å². The number of amides is 1. The maximum Gasteiger partial charge on any atom is 0.280 e. The van der Waals surface area contributed by atoms with E-state index in [1.807, 2.05) is 37.8 Å². The molecule has 1 saturated heterocycles. The molecule has 1 aromatic carbocycles. The largest absolute Gasteiger partial charge is 0.489 e. The summed E-state index contributed by atoms with van der Waals surface area (Å²) >= 11 is 1.49. The number of aryl methyl sites for hydroxylation is 1. The van der Waals surface area contributed by atoms with Gasteiger partial charge >= 0.3 is 0 Å². The van der Waals surface area contributed by atoms with E-state index in [1.54, 1.807) is 11.1 Å². The van der Waals surface area contributed by atoms with Gasteiger partial charge in [0.15, 0.2) is 11.5 Å². The molecule has 0 spiro atoms. The number of likely N-dealkylation sites (N-methyl/N-ethyl adjacent to an activating group) is 1. The molecule has 11 nitrogen and oxygen atoms in total. The molecule has 2 N–H and O–H groups in total. The van der Waals surface area contributed by atoms with Crippen molar-refractivity contribution in [2.24, 2.45) is 0 Å². The first-order valence-corrected chi connectivity index (χ1v) is 13.8. The van der Waals surface area contributed by atoms with E-state index in [9.17, 15) is 9.90 Å². The maximum absolute atomic E-state index is 13.3. The minimum Gasteiger partial charge on any atom is -0.489 e. The number of hydrogen-bond donors (Lipinski definition) is 2. The van der Waals surface area contributed by atoms with Gasteiger partial charge in [-0.25, -0.2) is 9.97 Å². The van der Waals surface area contributed by atoms with Crippen LogP contribution >= 0.6 is 11.3 Å². The van der Waals surface area contributed by atoms with E-state index in [1.165, 1.54) is 11.3 Å². The van der Waals surface area contributed by atoms with Crippen LogP contribution in [0.25, 0.3) is 0 Å². The number of nitrogens with one attached hydrogen (secondary N) is 1. The summed E-state index contributed by atoms with van der Waals surface area (Å²) in [5.41, 5.74) is 2.87. The van der Waals surface area contributed by atoms with E-state index in [0.717, 1.165) is 41.9 Å². The van der Waals surface area contributed by atoms with Crippen molar-refractivity contribution in [2.75, 3.05) is 79.5 Å². The van der Waals surface area contributed by atoms with Gasteiger partial charge in [-0.05, 0) is 40.0 Å². The minimum atomic E-state index is -0.146. The van der Waals surface area contributed by atoms with Crippen molar-refractivity contribution in [1.82, 2.24) is 19.9 Å². The Morgan fingerprint density at radius 3 is 2.58 bits per heavy atom. The Hall–Kier alpha value is -3.48. The number of benzene rings is 1. The molecule has 0 bridgehead atoms. The van der Waals surface area contributed by atoms with Gasteiger partial charge in [-0.2, -0.15) is 4.98 Å². The SMILES string of the molecule is CCN1C(=O)c2nc(C)sc2N(CC)c2nc(Nc3ccc(N4CCN(C)CC4)cc3OCCO)ncc21. The van der Waals surface area contributed by atoms with Crippen LogP contribution in [0.15, 0.2) is 24.4 Å². The van der Waals surface area contributed by atoms with Crippen LogP contribution in [-0.4, -0.2) is 90.4 Å². The molecule has 4 heterocycles. The summed E-state index contributed by atoms with van der Waals surface area (Å²) in [5, 5.41) is 14.3. The number of aliphatic hydroxyl groups excluding tert-OH is 1. The van der Waals surface area contributed by atoms with E-state index in [0.29, 0.717) is 47.7 Å². The Bertz CT molecular complexity index is 1310. The fourth-order valence-electron chi connectivity index (χ4n) is 4.77. The third-order valence-corrected chi connectivity index (χ3v) is 7.76. The summed E-state index contributed by atoms with van der Waals surface area (Å²) in [4.78, 5) is 35.6. The molecule has 2 aliphatic heterocycles. The van der Waals surface area contributed by atoms with Crippen LogP contribution in [-0.2, 0) is 0 Å². The summed E-state index contributed by atoms with van der Waals surface area (Å²) in [6, 6.07) is 6.01. The third kappa shape index (κ3) is 4.98. The number of piperazine rings is 1. The number of rotatable bonds is 8. The molecule has 0 unspecified atom stereocenters. The van der Waals surface area contributed by atoms with Gasteiger partial charge in [-0.15, -0.1) is 11.3 Å².